The van der Waals surface area contributed by atoms with Crippen LogP contribution < -0.4 is 9.96 Å². The van der Waals surface area contributed by atoms with Crippen LogP contribution in [0.15, 0.2) is 78.9 Å². The molecule has 0 spiro atoms. The molecule has 0 aliphatic carbocycles. The van der Waals surface area contributed by atoms with E-state index in [9.17, 15) is 9.59 Å². The lowest BCUT2D eigenvalue weighted by Crippen LogP contribution is -2.37. The third kappa shape index (κ3) is 3.62. The fourth-order valence-electron chi connectivity index (χ4n) is 4.68. The number of benzene rings is 3. The maximum Gasteiger partial charge on any atom is 0.266 e. The Morgan fingerprint density at radius 2 is 1.39 bits per heavy atom. The zero-order chi connectivity index (χ0) is 23.3. The number of hydrogen-bond donors (Lipinski definition) is 0. The number of carbonyl (C=O) groups is 2. The highest BCUT2D eigenvalue weighted by atomic mass is 16.7. The summed E-state index contributed by atoms with van der Waals surface area (Å²) in [5.41, 5.74) is 4.66. The summed E-state index contributed by atoms with van der Waals surface area (Å²) >= 11 is 0. The van der Waals surface area contributed by atoms with E-state index in [1.54, 1.807) is 5.06 Å². The summed E-state index contributed by atoms with van der Waals surface area (Å²) in [7, 11) is 0. The highest BCUT2D eigenvalue weighted by Crippen LogP contribution is 2.47. The van der Waals surface area contributed by atoms with Gasteiger partial charge in [0.15, 0.2) is 6.10 Å². The number of rotatable bonds is 3. The molecular formula is C28H28N2O3. The Morgan fingerprint density at radius 1 is 0.758 bits per heavy atom. The minimum Gasteiger partial charge on any atom is -0.273 e. The molecule has 3 aromatic carbocycles. The van der Waals surface area contributed by atoms with E-state index in [2.05, 4.69) is 45.0 Å². The van der Waals surface area contributed by atoms with Gasteiger partial charge in [0.25, 0.3) is 5.91 Å². The van der Waals surface area contributed by atoms with Crippen LogP contribution in [0, 0.1) is 12.8 Å². The molecule has 2 fully saturated rings. The van der Waals surface area contributed by atoms with Crippen molar-refractivity contribution in [1.29, 1.82) is 0 Å². The van der Waals surface area contributed by atoms with Crippen molar-refractivity contribution in [2.75, 3.05) is 9.96 Å². The highest BCUT2D eigenvalue weighted by Gasteiger charge is 2.60. The van der Waals surface area contributed by atoms with Crippen molar-refractivity contribution >= 4 is 23.2 Å². The largest absolute Gasteiger partial charge is 0.273 e. The van der Waals surface area contributed by atoms with Gasteiger partial charge in [0.1, 0.15) is 5.92 Å². The molecule has 5 nitrogen and oxygen atoms in total. The Kier molecular flexibility index (Phi) is 5.09. The average Bonchev–Trinajstić information content (AvgIpc) is 3.31. The van der Waals surface area contributed by atoms with Gasteiger partial charge < -0.3 is 0 Å². The normalized spacial score (nSPS) is 22.7. The summed E-state index contributed by atoms with van der Waals surface area (Å²) in [5.74, 6) is -1.17. The Morgan fingerprint density at radius 3 is 2.00 bits per heavy atom. The molecule has 0 saturated carbocycles. The van der Waals surface area contributed by atoms with E-state index in [0.29, 0.717) is 5.69 Å². The molecule has 2 saturated heterocycles. The van der Waals surface area contributed by atoms with Crippen LogP contribution in [0.1, 0.15) is 43.5 Å². The predicted molar refractivity (Wildman–Crippen MR) is 129 cm³/mol. The zero-order valence-corrected chi connectivity index (χ0v) is 19.4. The Balaban J connectivity index is 1.57. The van der Waals surface area contributed by atoms with Crippen molar-refractivity contribution in [2.45, 2.75) is 45.3 Å². The molecule has 0 aromatic heterocycles. The maximum absolute atomic E-state index is 13.7. The number of anilines is 2. The van der Waals surface area contributed by atoms with E-state index in [0.717, 1.165) is 16.8 Å². The van der Waals surface area contributed by atoms with Crippen LogP contribution in [-0.4, -0.2) is 17.9 Å². The van der Waals surface area contributed by atoms with E-state index < -0.39 is 18.1 Å². The molecule has 2 heterocycles. The number of aryl methyl sites for hydroxylation is 1. The number of para-hydroxylation sites is 1. The molecule has 5 rings (SSSR count). The van der Waals surface area contributed by atoms with Crippen molar-refractivity contribution in [1.82, 2.24) is 0 Å². The van der Waals surface area contributed by atoms with Gasteiger partial charge in [-0.15, -0.1) is 0 Å². The molecular weight excluding hydrogens is 412 g/mol. The predicted octanol–water partition coefficient (Wildman–Crippen LogP) is 5.34. The molecule has 2 amide bonds. The fourth-order valence-corrected chi connectivity index (χ4v) is 4.68. The Hall–Kier alpha value is -3.44. The zero-order valence-electron chi connectivity index (χ0n) is 19.4. The Bertz CT molecular complexity index is 1180. The van der Waals surface area contributed by atoms with Gasteiger partial charge in [-0.05, 0) is 47.7 Å². The van der Waals surface area contributed by atoms with Gasteiger partial charge in [0.05, 0.1) is 17.4 Å². The minimum atomic E-state index is -0.855. The summed E-state index contributed by atoms with van der Waals surface area (Å²) in [4.78, 5) is 34.5. The van der Waals surface area contributed by atoms with Crippen LogP contribution >= 0.6 is 0 Å². The van der Waals surface area contributed by atoms with E-state index in [-0.39, 0.29) is 17.2 Å². The number of nitrogens with zero attached hydrogens (tertiary/aromatic N) is 2. The first-order valence-electron chi connectivity index (χ1n) is 11.3. The molecule has 2 aliphatic heterocycles. The Labute approximate surface area is 194 Å². The molecule has 0 radical (unpaired) electrons. The molecule has 168 valence electrons. The van der Waals surface area contributed by atoms with Crippen molar-refractivity contribution in [3.8, 4) is 0 Å². The SMILES string of the molecule is Cc1ccc(N2C(=O)[C@@H]3[C@H](ON(c4ccccc4)[C@@H]3c3ccc(C(C)(C)C)cc3)C2=O)cc1. The molecule has 0 bridgehead atoms. The first kappa shape index (κ1) is 21.4. The van der Waals surface area contributed by atoms with Gasteiger partial charge in [-0.25, -0.2) is 9.96 Å². The quantitative estimate of drug-likeness (QED) is 0.516. The fraction of sp³-hybridized carbons (Fsp3) is 0.286. The van der Waals surface area contributed by atoms with E-state index in [1.165, 1.54) is 10.5 Å². The first-order chi connectivity index (χ1) is 15.8. The molecule has 0 unspecified atom stereocenters. The van der Waals surface area contributed by atoms with Gasteiger partial charge in [-0.3, -0.25) is 14.4 Å². The minimum absolute atomic E-state index is 0.0216. The lowest BCUT2D eigenvalue weighted by atomic mass is 9.84. The summed E-state index contributed by atoms with van der Waals surface area (Å²) < 4.78 is 0. The van der Waals surface area contributed by atoms with Gasteiger partial charge in [-0.1, -0.05) is 80.9 Å². The molecule has 2 aliphatic rings. The molecule has 33 heavy (non-hydrogen) atoms. The summed E-state index contributed by atoms with van der Waals surface area (Å²) in [6, 6.07) is 25.0. The highest BCUT2D eigenvalue weighted by molar-refractivity contribution is 6.23. The lowest BCUT2D eigenvalue weighted by Gasteiger charge is -2.29. The number of hydrogen-bond acceptors (Lipinski definition) is 4. The summed E-state index contributed by atoms with van der Waals surface area (Å²) in [6.45, 7) is 8.49. The number of hydroxylamine groups is 1. The monoisotopic (exact) mass is 440 g/mol. The van der Waals surface area contributed by atoms with Crippen LogP contribution in [0.4, 0.5) is 11.4 Å². The van der Waals surface area contributed by atoms with Crippen LogP contribution in [0.2, 0.25) is 0 Å². The second-order valence-electron chi connectivity index (χ2n) is 9.88. The van der Waals surface area contributed by atoms with Crippen LogP contribution in [-0.2, 0) is 19.8 Å². The smallest absolute Gasteiger partial charge is 0.266 e. The van der Waals surface area contributed by atoms with E-state index in [1.807, 2.05) is 61.5 Å². The molecule has 3 aromatic rings. The van der Waals surface area contributed by atoms with Gasteiger partial charge >= 0.3 is 0 Å². The summed E-state index contributed by atoms with van der Waals surface area (Å²) in [6.07, 6.45) is -0.855. The van der Waals surface area contributed by atoms with Gasteiger partial charge in [0, 0.05) is 0 Å². The van der Waals surface area contributed by atoms with Crippen LogP contribution in [0.5, 0.6) is 0 Å². The maximum atomic E-state index is 13.7. The average molecular weight is 441 g/mol. The summed E-state index contributed by atoms with van der Waals surface area (Å²) in [5, 5.41) is 1.74. The van der Waals surface area contributed by atoms with Crippen molar-refractivity contribution < 1.29 is 14.4 Å². The third-order valence-corrected chi connectivity index (χ3v) is 6.54. The van der Waals surface area contributed by atoms with E-state index in [4.69, 9.17) is 4.84 Å². The van der Waals surface area contributed by atoms with Crippen molar-refractivity contribution in [3.05, 3.63) is 95.6 Å². The van der Waals surface area contributed by atoms with Crippen molar-refractivity contribution in [2.24, 2.45) is 5.92 Å². The second kappa shape index (κ2) is 7.85. The lowest BCUT2D eigenvalue weighted by molar-refractivity contribution is -0.126. The first-order valence-corrected chi connectivity index (χ1v) is 11.3. The van der Waals surface area contributed by atoms with Gasteiger partial charge in [0.2, 0.25) is 5.91 Å². The molecule has 5 heteroatoms. The van der Waals surface area contributed by atoms with Crippen molar-refractivity contribution in [3.63, 3.8) is 0 Å². The van der Waals surface area contributed by atoms with E-state index >= 15 is 0 Å². The number of imide groups is 1. The number of fused-ring (bicyclic) bond motifs is 1. The molecule has 3 atom stereocenters. The van der Waals surface area contributed by atoms with Gasteiger partial charge in [-0.2, -0.15) is 0 Å². The van der Waals surface area contributed by atoms with Crippen LogP contribution in [0.25, 0.3) is 0 Å². The number of carbonyl (C=O) groups excluding carboxylic acids is 2. The topological polar surface area (TPSA) is 49.9 Å². The number of amides is 2. The van der Waals surface area contributed by atoms with Crippen LogP contribution in [0.3, 0.4) is 0 Å². The standard InChI is InChI=1S/C28H28N2O3/c1-18-10-16-21(17-11-18)29-26(31)23-24(19-12-14-20(15-13-19)28(2,3)4)30(33-25(23)27(29)32)22-8-6-5-7-9-22/h5-17,23-25H,1-4H3/t23-,24+,25-/m0/s1. The second-order valence-corrected chi connectivity index (χ2v) is 9.88. The molecule has 0 N–H and O–H groups in total. The third-order valence-electron chi connectivity index (χ3n) is 6.54.